The summed E-state index contributed by atoms with van der Waals surface area (Å²) >= 11 is 0. The number of rotatable bonds is 2. The van der Waals surface area contributed by atoms with Gasteiger partial charge >= 0.3 is 0 Å². The van der Waals surface area contributed by atoms with Crippen LogP contribution in [0.3, 0.4) is 0 Å². The molecule has 1 aromatic rings. The standard InChI is InChI=1S/C21H26N4O/c22-11-15-4-6-17(7-5-15)25-10-8-20(21(25)26)24-13-16-12-23-9-2-1-3-19(23)18(16)14-24/h4-7,16,18-20H,1-3,8-10,12-14H2. The Hall–Kier alpha value is -1.90. The number of hydrogen-bond acceptors (Lipinski definition) is 4. The fraction of sp³-hybridized carbons (Fsp3) is 0.619. The van der Waals surface area contributed by atoms with Crippen molar-refractivity contribution in [2.75, 3.05) is 37.6 Å². The van der Waals surface area contributed by atoms with Crippen LogP contribution >= 0.6 is 0 Å². The Morgan fingerprint density at radius 3 is 2.58 bits per heavy atom. The number of nitriles is 1. The second-order valence-electron chi connectivity index (χ2n) is 8.39. The van der Waals surface area contributed by atoms with Gasteiger partial charge < -0.3 is 4.90 Å². The van der Waals surface area contributed by atoms with Gasteiger partial charge in [-0.1, -0.05) is 6.42 Å². The lowest BCUT2D eigenvalue weighted by Crippen LogP contribution is -2.44. The molecule has 4 aliphatic heterocycles. The molecule has 0 aliphatic carbocycles. The number of piperidine rings is 1. The fourth-order valence-electron chi connectivity index (χ4n) is 5.82. The predicted molar refractivity (Wildman–Crippen MR) is 99.7 cm³/mol. The third kappa shape index (κ3) is 2.55. The van der Waals surface area contributed by atoms with Gasteiger partial charge in [-0.15, -0.1) is 0 Å². The van der Waals surface area contributed by atoms with E-state index in [1.807, 2.05) is 17.0 Å². The van der Waals surface area contributed by atoms with E-state index in [0.29, 0.717) is 5.56 Å². The Kier molecular flexibility index (Phi) is 3.99. The highest BCUT2D eigenvalue weighted by Crippen LogP contribution is 2.42. The SMILES string of the molecule is N#Cc1ccc(N2CCC(N3CC4CN5CCCCC5C4C3)C2=O)cc1. The second kappa shape index (κ2) is 6.37. The first-order chi connectivity index (χ1) is 12.7. The highest BCUT2D eigenvalue weighted by molar-refractivity contribution is 5.99. The van der Waals surface area contributed by atoms with Crippen LogP contribution in [-0.4, -0.2) is 60.5 Å². The van der Waals surface area contributed by atoms with Gasteiger partial charge in [0.2, 0.25) is 5.91 Å². The van der Waals surface area contributed by atoms with Crippen LogP contribution in [0.1, 0.15) is 31.2 Å². The third-order valence-corrected chi connectivity index (χ3v) is 7.07. The van der Waals surface area contributed by atoms with Crippen molar-refractivity contribution in [3.8, 4) is 6.07 Å². The van der Waals surface area contributed by atoms with Crippen molar-refractivity contribution in [3.63, 3.8) is 0 Å². The maximum Gasteiger partial charge on any atom is 0.244 e. The minimum atomic E-state index is 0.0493. The molecule has 4 aliphatic rings. The highest BCUT2D eigenvalue weighted by atomic mass is 16.2. The van der Waals surface area contributed by atoms with Gasteiger partial charge in [0.15, 0.2) is 0 Å². The van der Waals surface area contributed by atoms with Crippen LogP contribution in [0.2, 0.25) is 0 Å². The Labute approximate surface area is 155 Å². The number of amides is 1. The monoisotopic (exact) mass is 350 g/mol. The van der Waals surface area contributed by atoms with Crippen molar-refractivity contribution in [1.29, 1.82) is 5.26 Å². The minimum Gasteiger partial charge on any atom is -0.311 e. The van der Waals surface area contributed by atoms with Crippen LogP contribution in [0, 0.1) is 23.2 Å². The fourth-order valence-corrected chi connectivity index (χ4v) is 5.82. The summed E-state index contributed by atoms with van der Waals surface area (Å²) in [6.45, 7) is 5.51. The summed E-state index contributed by atoms with van der Waals surface area (Å²) in [5.74, 6) is 1.78. The molecule has 0 aromatic heterocycles. The molecule has 5 heteroatoms. The first-order valence-electron chi connectivity index (χ1n) is 10.0. The summed E-state index contributed by atoms with van der Waals surface area (Å²) in [5, 5.41) is 8.95. The van der Waals surface area contributed by atoms with Gasteiger partial charge in [0, 0.05) is 37.9 Å². The molecule has 4 unspecified atom stereocenters. The quantitative estimate of drug-likeness (QED) is 0.819. The number of nitrogens with zero attached hydrogens (tertiary/aromatic N) is 4. The van der Waals surface area contributed by atoms with Gasteiger partial charge in [0.05, 0.1) is 17.7 Å². The molecule has 5 nitrogen and oxygen atoms in total. The van der Waals surface area contributed by atoms with E-state index < -0.39 is 0 Å². The van der Waals surface area contributed by atoms with Gasteiger partial charge in [0.1, 0.15) is 0 Å². The number of carbonyl (C=O) groups excluding carboxylic acids is 1. The number of fused-ring (bicyclic) bond motifs is 3. The molecule has 1 aromatic carbocycles. The number of carbonyl (C=O) groups is 1. The molecule has 0 radical (unpaired) electrons. The van der Waals surface area contributed by atoms with Gasteiger partial charge in [-0.3, -0.25) is 14.6 Å². The zero-order valence-corrected chi connectivity index (χ0v) is 15.2. The lowest BCUT2D eigenvalue weighted by atomic mass is 9.90. The summed E-state index contributed by atoms with van der Waals surface area (Å²) in [7, 11) is 0. The maximum atomic E-state index is 13.1. The third-order valence-electron chi connectivity index (χ3n) is 7.07. The molecule has 0 spiro atoms. The number of benzene rings is 1. The summed E-state index contributed by atoms with van der Waals surface area (Å²) in [6, 6.07) is 10.4. The molecule has 5 rings (SSSR count). The lowest BCUT2D eigenvalue weighted by Gasteiger charge is -2.34. The van der Waals surface area contributed by atoms with Gasteiger partial charge in [0.25, 0.3) is 0 Å². The van der Waals surface area contributed by atoms with E-state index in [0.717, 1.165) is 49.6 Å². The van der Waals surface area contributed by atoms with E-state index in [1.54, 1.807) is 12.1 Å². The number of hydrogen-bond donors (Lipinski definition) is 0. The van der Waals surface area contributed by atoms with Crippen molar-refractivity contribution in [1.82, 2.24) is 9.80 Å². The zero-order valence-electron chi connectivity index (χ0n) is 15.2. The molecule has 4 atom stereocenters. The van der Waals surface area contributed by atoms with Gasteiger partial charge in [-0.05, 0) is 61.9 Å². The van der Waals surface area contributed by atoms with Crippen LogP contribution in [0.25, 0.3) is 0 Å². The van der Waals surface area contributed by atoms with Crippen molar-refractivity contribution >= 4 is 11.6 Å². The van der Waals surface area contributed by atoms with Crippen molar-refractivity contribution in [2.45, 2.75) is 37.8 Å². The Bertz CT molecular complexity index is 739. The topological polar surface area (TPSA) is 50.6 Å². The van der Waals surface area contributed by atoms with Crippen molar-refractivity contribution in [3.05, 3.63) is 29.8 Å². The molecule has 4 heterocycles. The Morgan fingerprint density at radius 2 is 1.77 bits per heavy atom. The molecular formula is C21H26N4O. The second-order valence-corrected chi connectivity index (χ2v) is 8.39. The van der Waals surface area contributed by atoms with Crippen molar-refractivity contribution in [2.24, 2.45) is 11.8 Å². The lowest BCUT2D eigenvalue weighted by molar-refractivity contribution is -0.121. The van der Waals surface area contributed by atoms with Crippen LogP contribution in [0.4, 0.5) is 5.69 Å². The molecule has 0 saturated carbocycles. The molecule has 136 valence electrons. The van der Waals surface area contributed by atoms with E-state index in [4.69, 9.17) is 5.26 Å². The maximum absolute atomic E-state index is 13.1. The smallest absolute Gasteiger partial charge is 0.244 e. The molecule has 26 heavy (non-hydrogen) atoms. The van der Waals surface area contributed by atoms with Crippen LogP contribution in [0.5, 0.6) is 0 Å². The van der Waals surface area contributed by atoms with Crippen molar-refractivity contribution < 1.29 is 4.79 Å². The van der Waals surface area contributed by atoms with E-state index in [-0.39, 0.29) is 11.9 Å². The van der Waals surface area contributed by atoms with Crippen LogP contribution in [-0.2, 0) is 4.79 Å². The first-order valence-corrected chi connectivity index (χ1v) is 10.0. The van der Waals surface area contributed by atoms with Gasteiger partial charge in [-0.2, -0.15) is 5.26 Å². The molecule has 4 saturated heterocycles. The Morgan fingerprint density at radius 1 is 0.962 bits per heavy atom. The summed E-state index contributed by atoms with van der Waals surface area (Å²) in [5.41, 5.74) is 1.57. The van der Waals surface area contributed by atoms with E-state index in [9.17, 15) is 4.79 Å². The van der Waals surface area contributed by atoms with E-state index in [1.165, 1.54) is 32.4 Å². The zero-order chi connectivity index (χ0) is 17.7. The highest BCUT2D eigenvalue weighted by Gasteiger charge is 2.50. The number of anilines is 1. The summed E-state index contributed by atoms with van der Waals surface area (Å²) in [4.78, 5) is 20.2. The first kappa shape index (κ1) is 16.3. The normalized spacial score (nSPS) is 34.7. The van der Waals surface area contributed by atoms with Gasteiger partial charge in [-0.25, -0.2) is 0 Å². The molecule has 0 N–H and O–H groups in total. The predicted octanol–water partition coefficient (Wildman–Crippen LogP) is 2.08. The number of likely N-dealkylation sites (tertiary alicyclic amines) is 1. The van der Waals surface area contributed by atoms with Crippen LogP contribution in [0.15, 0.2) is 24.3 Å². The van der Waals surface area contributed by atoms with Crippen LogP contribution < -0.4 is 4.90 Å². The average molecular weight is 350 g/mol. The van der Waals surface area contributed by atoms with E-state index in [2.05, 4.69) is 15.9 Å². The largest absolute Gasteiger partial charge is 0.311 e. The Balaban J connectivity index is 1.27. The average Bonchev–Trinajstić information content (AvgIpc) is 3.34. The molecule has 0 bridgehead atoms. The molecule has 1 amide bonds. The molecule has 4 fully saturated rings. The van der Waals surface area contributed by atoms with E-state index >= 15 is 0 Å². The summed E-state index contributed by atoms with van der Waals surface area (Å²) < 4.78 is 0. The molecular weight excluding hydrogens is 324 g/mol. The summed E-state index contributed by atoms with van der Waals surface area (Å²) in [6.07, 6.45) is 5.01. The minimum absolute atomic E-state index is 0.0493.